The Kier molecular flexibility index (Phi) is 7.23. The summed E-state index contributed by atoms with van der Waals surface area (Å²) in [6, 6.07) is 10.2. The molecule has 0 saturated carbocycles. The van der Waals surface area contributed by atoms with Crippen LogP contribution in [0.2, 0.25) is 0 Å². The molecule has 1 aromatic heterocycles. The Labute approximate surface area is 160 Å². The highest BCUT2D eigenvalue weighted by Gasteiger charge is 2.28. The fourth-order valence-corrected chi connectivity index (χ4v) is 3.50. The molecule has 2 aromatic rings. The van der Waals surface area contributed by atoms with Gasteiger partial charge in [-0.15, -0.1) is 12.4 Å². The number of furan rings is 1. The zero-order valence-corrected chi connectivity index (χ0v) is 15.8. The van der Waals surface area contributed by atoms with Gasteiger partial charge in [-0.05, 0) is 43.0 Å². The molecule has 4 nitrogen and oxygen atoms in total. The van der Waals surface area contributed by atoms with Crippen molar-refractivity contribution in [3.63, 3.8) is 0 Å². The number of benzene rings is 1. The Morgan fingerprint density at radius 1 is 1.31 bits per heavy atom. The summed E-state index contributed by atoms with van der Waals surface area (Å²) in [6.45, 7) is 3.49. The standard InChI is InChI=1S/C20H25FN2O2.ClH/c1-14-10-11-23(15(12-14)13-22)20(24)9-7-16-6-8-19(25-16)17-4-2-3-5-18(17)21;/h2-6,8,14-15H,7,9-13,22H2,1H3;1H. The summed E-state index contributed by atoms with van der Waals surface area (Å²) in [5, 5.41) is 0. The molecule has 1 aliphatic rings. The number of amides is 1. The third-order valence-corrected chi connectivity index (χ3v) is 4.96. The minimum atomic E-state index is -0.312. The lowest BCUT2D eigenvalue weighted by Crippen LogP contribution is -2.49. The van der Waals surface area contributed by atoms with Gasteiger partial charge < -0.3 is 15.1 Å². The minimum absolute atomic E-state index is 0. The van der Waals surface area contributed by atoms with Gasteiger partial charge in [0.15, 0.2) is 0 Å². The van der Waals surface area contributed by atoms with Gasteiger partial charge in [0.05, 0.1) is 5.56 Å². The van der Waals surface area contributed by atoms with E-state index in [-0.39, 0.29) is 30.2 Å². The van der Waals surface area contributed by atoms with E-state index < -0.39 is 0 Å². The first-order valence-electron chi connectivity index (χ1n) is 8.91. The van der Waals surface area contributed by atoms with E-state index in [4.69, 9.17) is 10.2 Å². The first-order chi connectivity index (χ1) is 12.1. The van der Waals surface area contributed by atoms with Crippen LogP contribution in [0.5, 0.6) is 0 Å². The lowest BCUT2D eigenvalue weighted by atomic mass is 9.92. The molecule has 3 rings (SSSR count). The van der Waals surface area contributed by atoms with Gasteiger partial charge in [0.25, 0.3) is 0 Å². The molecule has 1 amide bonds. The van der Waals surface area contributed by atoms with Crippen molar-refractivity contribution < 1.29 is 13.6 Å². The zero-order chi connectivity index (χ0) is 17.8. The van der Waals surface area contributed by atoms with Gasteiger partial charge in [0.1, 0.15) is 17.3 Å². The maximum absolute atomic E-state index is 13.8. The van der Waals surface area contributed by atoms with E-state index in [1.165, 1.54) is 6.07 Å². The Morgan fingerprint density at radius 2 is 2.08 bits per heavy atom. The lowest BCUT2D eigenvalue weighted by Gasteiger charge is -2.38. The molecule has 1 fully saturated rings. The van der Waals surface area contributed by atoms with E-state index in [0.717, 1.165) is 19.4 Å². The van der Waals surface area contributed by atoms with Crippen LogP contribution in [-0.2, 0) is 11.2 Å². The summed E-state index contributed by atoms with van der Waals surface area (Å²) >= 11 is 0. The van der Waals surface area contributed by atoms with Crippen LogP contribution in [0.4, 0.5) is 4.39 Å². The molecular formula is C20H26ClFN2O2. The van der Waals surface area contributed by atoms with Gasteiger partial charge >= 0.3 is 0 Å². The molecule has 6 heteroatoms. The van der Waals surface area contributed by atoms with Crippen LogP contribution in [0.25, 0.3) is 11.3 Å². The predicted molar refractivity (Wildman–Crippen MR) is 103 cm³/mol. The van der Waals surface area contributed by atoms with Crippen molar-refractivity contribution in [2.75, 3.05) is 13.1 Å². The quantitative estimate of drug-likeness (QED) is 0.852. The molecule has 2 N–H and O–H groups in total. The Hall–Kier alpha value is -1.85. The fraction of sp³-hybridized carbons (Fsp3) is 0.450. The Morgan fingerprint density at radius 3 is 2.81 bits per heavy atom. The maximum Gasteiger partial charge on any atom is 0.223 e. The Bertz CT molecular complexity index is 734. The van der Waals surface area contributed by atoms with Crippen molar-refractivity contribution in [1.29, 1.82) is 0 Å². The highest BCUT2D eigenvalue weighted by Crippen LogP contribution is 2.26. The maximum atomic E-state index is 13.8. The first kappa shape index (κ1) is 20.5. The average Bonchev–Trinajstić information content (AvgIpc) is 3.08. The normalized spacial score (nSPS) is 19.9. The van der Waals surface area contributed by atoms with Crippen molar-refractivity contribution in [2.45, 2.75) is 38.6 Å². The second-order valence-electron chi connectivity index (χ2n) is 6.85. The topological polar surface area (TPSA) is 59.5 Å². The van der Waals surface area contributed by atoms with Gasteiger partial charge in [0.2, 0.25) is 5.91 Å². The molecule has 0 bridgehead atoms. The van der Waals surface area contributed by atoms with E-state index in [1.54, 1.807) is 24.3 Å². The number of nitrogens with two attached hydrogens (primary N) is 1. The third-order valence-electron chi connectivity index (χ3n) is 4.96. The van der Waals surface area contributed by atoms with E-state index in [1.807, 2.05) is 11.0 Å². The Balaban J connectivity index is 0.00000243. The summed E-state index contributed by atoms with van der Waals surface area (Å²) in [6.07, 6.45) is 2.90. The van der Waals surface area contributed by atoms with Crippen LogP contribution in [-0.4, -0.2) is 29.9 Å². The smallest absolute Gasteiger partial charge is 0.223 e. The summed E-state index contributed by atoms with van der Waals surface area (Å²) in [5.74, 6) is 1.61. The highest BCUT2D eigenvalue weighted by atomic mass is 35.5. The van der Waals surface area contributed by atoms with Crippen LogP contribution < -0.4 is 5.73 Å². The second kappa shape index (κ2) is 9.19. The summed E-state index contributed by atoms with van der Waals surface area (Å²) in [4.78, 5) is 14.5. The van der Waals surface area contributed by atoms with E-state index in [9.17, 15) is 9.18 Å². The molecule has 2 unspecified atom stereocenters. The number of carbonyl (C=O) groups is 1. The molecule has 1 aromatic carbocycles. The number of likely N-dealkylation sites (tertiary alicyclic amines) is 1. The van der Waals surface area contributed by atoms with Crippen molar-refractivity contribution in [3.8, 4) is 11.3 Å². The molecule has 0 spiro atoms. The summed E-state index contributed by atoms with van der Waals surface area (Å²) < 4.78 is 19.5. The van der Waals surface area contributed by atoms with E-state index in [0.29, 0.717) is 42.4 Å². The van der Waals surface area contributed by atoms with Gasteiger partial charge in [-0.1, -0.05) is 19.1 Å². The number of hydrogen-bond acceptors (Lipinski definition) is 3. The number of rotatable bonds is 5. The molecular weight excluding hydrogens is 355 g/mol. The van der Waals surface area contributed by atoms with Crippen molar-refractivity contribution >= 4 is 18.3 Å². The van der Waals surface area contributed by atoms with Crippen molar-refractivity contribution in [2.24, 2.45) is 11.7 Å². The number of piperidine rings is 1. The van der Waals surface area contributed by atoms with Crippen LogP contribution in [0, 0.1) is 11.7 Å². The van der Waals surface area contributed by atoms with Crippen LogP contribution in [0.1, 0.15) is 31.9 Å². The second-order valence-corrected chi connectivity index (χ2v) is 6.85. The number of aryl methyl sites for hydroxylation is 1. The molecule has 26 heavy (non-hydrogen) atoms. The molecule has 0 aliphatic carbocycles. The predicted octanol–water partition coefficient (Wildman–Crippen LogP) is 4.03. The number of nitrogens with zero attached hydrogens (tertiary/aromatic N) is 1. The van der Waals surface area contributed by atoms with E-state index in [2.05, 4.69) is 6.92 Å². The first-order valence-corrected chi connectivity index (χ1v) is 8.91. The lowest BCUT2D eigenvalue weighted by molar-refractivity contribution is -0.135. The van der Waals surface area contributed by atoms with E-state index >= 15 is 0 Å². The average molecular weight is 381 g/mol. The molecule has 142 valence electrons. The monoisotopic (exact) mass is 380 g/mol. The minimum Gasteiger partial charge on any atom is -0.461 e. The third kappa shape index (κ3) is 4.65. The van der Waals surface area contributed by atoms with Crippen molar-refractivity contribution in [3.05, 3.63) is 48.0 Å². The van der Waals surface area contributed by atoms with Gasteiger partial charge in [0, 0.05) is 32.0 Å². The van der Waals surface area contributed by atoms with Gasteiger partial charge in [-0.25, -0.2) is 4.39 Å². The zero-order valence-electron chi connectivity index (χ0n) is 15.0. The van der Waals surface area contributed by atoms with Gasteiger partial charge in [-0.2, -0.15) is 0 Å². The van der Waals surface area contributed by atoms with Crippen molar-refractivity contribution in [1.82, 2.24) is 4.90 Å². The van der Waals surface area contributed by atoms with Crippen LogP contribution in [0.3, 0.4) is 0 Å². The molecule has 0 radical (unpaired) electrons. The molecule has 1 saturated heterocycles. The molecule has 1 aliphatic heterocycles. The van der Waals surface area contributed by atoms with Crippen LogP contribution in [0.15, 0.2) is 40.8 Å². The number of halogens is 2. The largest absolute Gasteiger partial charge is 0.461 e. The fourth-order valence-electron chi connectivity index (χ4n) is 3.50. The SMILES string of the molecule is CC1CCN(C(=O)CCc2ccc(-c3ccccc3F)o2)C(CN)C1.Cl. The molecule has 2 heterocycles. The highest BCUT2D eigenvalue weighted by molar-refractivity contribution is 5.85. The summed E-state index contributed by atoms with van der Waals surface area (Å²) in [5.41, 5.74) is 6.27. The summed E-state index contributed by atoms with van der Waals surface area (Å²) in [7, 11) is 0. The number of hydrogen-bond donors (Lipinski definition) is 1. The van der Waals surface area contributed by atoms with Crippen LogP contribution >= 0.6 is 12.4 Å². The molecule has 2 atom stereocenters. The van der Waals surface area contributed by atoms with Gasteiger partial charge in [-0.3, -0.25) is 4.79 Å². The number of carbonyl (C=O) groups excluding carboxylic acids is 1.